The van der Waals surface area contributed by atoms with Crippen molar-refractivity contribution < 1.29 is 13.2 Å². The van der Waals surface area contributed by atoms with Gasteiger partial charge in [0.25, 0.3) is 0 Å². The fraction of sp³-hybridized carbons (Fsp3) is 0.412. The summed E-state index contributed by atoms with van der Waals surface area (Å²) in [5.41, 5.74) is 1.21. The van der Waals surface area contributed by atoms with Gasteiger partial charge in [0, 0.05) is 36.5 Å². The molecule has 1 aliphatic heterocycles. The maximum absolute atomic E-state index is 12.4. The second-order valence-corrected chi connectivity index (χ2v) is 9.32. The van der Waals surface area contributed by atoms with Crippen molar-refractivity contribution in [3.8, 4) is 0 Å². The van der Waals surface area contributed by atoms with E-state index in [0.717, 1.165) is 11.3 Å². The van der Waals surface area contributed by atoms with E-state index in [0.29, 0.717) is 31.1 Å². The molecule has 1 aromatic heterocycles. The molecule has 0 atom stereocenters. The molecule has 2 heterocycles. The van der Waals surface area contributed by atoms with Gasteiger partial charge in [-0.05, 0) is 18.4 Å². The van der Waals surface area contributed by atoms with Crippen molar-refractivity contribution in [1.29, 1.82) is 0 Å². The van der Waals surface area contributed by atoms with Gasteiger partial charge in [0.05, 0.1) is 6.26 Å². The lowest BCUT2D eigenvalue weighted by atomic mass is 9.97. The minimum absolute atomic E-state index is 0.0752. The van der Waals surface area contributed by atoms with Gasteiger partial charge < -0.3 is 5.32 Å². The van der Waals surface area contributed by atoms with Crippen LogP contribution in [-0.2, 0) is 21.2 Å². The van der Waals surface area contributed by atoms with Gasteiger partial charge in [-0.2, -0.15) is 0 Å². The van der Waals surface area contributed by atoms with Crippen LogP contribution in [0.3, 0.4) is 0 Å². The minimum Gasteiger partial charge on any atom is -0.302 e. The monoisotopic (exact) mass is 379 g/mol. The third-order valence-electron chi connectivity index (χ3n) is 4.30. The van der Waals surface area contributed by atoms with E-state index in [-0.39, 0.29) is 11.8 Å². The SMILES string of the molecule is CS(=O)(=O)N1CCC(C(=O)Nc2ncc(Cc3ccccc3)s2)CC1. The second-order valence-electron chi connectivity index (χ2n) is 6.22. The van der Waals surface area contributed by atoms with Crippen LogP contribution in [0, 0.1) is 5.92 Å². The second kappa shape index (κ2) is 7.63. The van der Waals surface area contributed by atoms with Crippen molar-refractivity contribution in [2.45, 2.75) is 19.3 Å². The van der Waals surface area contributed by atoms with Crippen molar-refractivity contribution >= 4 is 32.4 Å². The molecular formula is C17H21N3O3S2. The van der Waals surface area contributed by atoms with Gasteiger partial charge in [0.1, 0.15) is 0 Å². The lowest BCUT2D eigenvalue weighted by Gasteiger charge is -2.29. The Morgan fingerprint density at radius 1 is 1.28 bits per heavy atom. The molecule has 3 rings (SSSR count). The molecule has 8 heteroatoms. The third-order valence-corrected chi connectivity index (χ3v) is 6.51. The molecule has 0 saturated carbocycles. The van der Waals surface area contributed by atoms with E-state index >= 15 is 0 Å². The van der Waals surface area contributed by atoms with Gasteiger partial charge in [0.15, 0.2) is 5.13 Å². The van der Waals surface area contributed by atoms with Crippen LogP contribution in [0.25, 0.3) is 0 Å². The van der Waals surface area contributed by atoms with Crippen molar-refractivity contribution in [2.75, 3.05) is 24.7 Å². The maximum atomic E-state index is 12.4. The summed E-state index contributed by atoms with van der Waals surface area (Å²) >= 11 is 1.48. The Labute approximate surface area is 151 Å². The van der Waals surface area contributed by atoms with Crippen LogP contribution in [-0.4, -0.2) is 43.0 Å². The molecule has 0 aliphatic carbocycles. The van der Waals surface area contributed by atoms with E-state index in [9.17, 15) is 13.2 Å². The summed E-state index contributed by atoms with van der Waals surface area (Å²) < 4.78 is 24.5. The standard InChI is InChI=1S/C17H21N3O3S2/c1-25(22,23)20-9-7-14(8-10-20)16(21)19-17-18-12-15(24-17)11-13-5-3-2-4-6-13/h2-6,12,14H,7-11H2,1H3,(H,18,19,21). The average Bonchev–Trinajstić information content (AvgIpc) is 3.02. The third kappa shape index (κ3) is 4.87. The number of nitrogens with zero attached hydrogens (tertiary/aromatic N) is 2. The molecule has 0 bridgehead atoms. The number of hydrogen-bond donors (Lipinski definition) is 1. The quantitative estimate of drug-likeness (QED) is 0.865. The zero-order valence-corrected chi connectivity index (χ0v) is 15.6. The van der Waals surface area contributed by atoms with Crippen LogP contribution in [0.1, 0.15) is 23.3 Å². The molecule has 25 heavy (non-hydrogen) atoms. The summed E-state index contributed by atoms with van der Waals surface area (Å²) in [7, 11) is -3.17. The van der Waals surface area contributed by atoms with Crippen LogP contribution < -0.4 is 5.32 Å². The highest BCUT2D eigenvalue weighted by atomic mass is 32.2. The molecule has 134 valence electrons. The van der Waals surface area contributed by atoms with Crippen molar-refractivity contribution in [3.63, 3.8) is 0 Å². The van der Waals surface area contributed by atoms with Gasteiger partial charge in [-0.25, -0.2) is 17.7 Å². The summed E-state index contributed by atoms with van der Waals surface area (Å²) in [4.78, 5) is 17.8. The maximum Gasteiger partial charge on any atom is 0.229 e. The zero-order chi connectivity index (χ0) is 17.9. The predicted octanol–water partition coefficient (Wildman–Crippen LogP) is 2.34. The van der Waals surface area contributed by atoms with Gasteiger partial charge in [0.2, 0.25) is 15.9 Å². The van der Waals surface area contributed by atoms with E-state index in [1.165, 1.54) is 27.5 Å². The molecular weight excluding hydrogens is 358 g/mol. The Bertz CT molecular complexity index is 826. The van der Waals surface area contributed by atoms with E-state index < -0.39 is 10.0 Å². The predicted molar refractivity (Wildman–Crippen MR) is 99.1 cm³/mol. The van der Waals surface area contributed by atoms with Gasteiger partial charge in [-0.3, -0.25) is 4.79 Å². The van der Waals surface area contributed by atoms with Crippen LogP contribution in [0.5, 0.6) is 0 Å². The number of hydrogen-bond acceptors (Lipinski definition) is 5. The number of benzene rings is 1. The highest BCUT2D eigenvalue weighted by Crippen LogP contribution is 2.24. The summed E-state index contributed by atoms with van der Waals surface area (Å²) in [6, 6.07) is 10.1. The number of piperidine rings is 1. The number of rotatable bonds is 5. The van der Waals surface area contributed by atoms with Gasteiger partial charge >= 0.3 is 0 Å². The topological polar surface area (TPSA) is 79.4 Å². The number of nitrogens with one attached hydrogen (secondary N) is 1. The first-order chi connectivity index (χ1) is 11.9. The van der Waals surface area contributed by atoms with Crippen LogP contribution in [0.4, 0.5) is 5.13 Å². The smallest absolute Gasteiger partial charge is 0.229 e. The van der Waals surface area contributed by atoms with Crippen molar-refractivity contribution in [3.05, 3.63) is 47.0 Å². The van der Waals surface area contributed by atoms with Gasteiger partial charge in [-0.1, -0.05) is 30.3 Å². The summed E-state index contributed by atoms with van der Waals surface area (Å²) in [5, 5.41) is 3.47. The molecule has 1 amide bonds. The van der Waals surface area contributed by atoms with E-state index in [4.69, 9.17) is 0 Å². The largest absolute Gasteiger partial charge is 0.302 e. The normalized spacial score (nSPS) is 16.7. The number of carbonyl (C=O) groups is 1. The van der Waals surface area contributed by atoms with Crippen molar-refractivity contribution in [2.24, 2.45) is 5.92 Å². The van der Waals surface area contributed by atoms with Crippen LogP contribution in [0.15, 0.2) is 36.5 Å². The molecule has 1 aliphatic rings. The molecule has 1 aromatic carbocycles. The first kappa shape index (κ1) is 18.0. The molecule has 0 unspecified atom stereocenters. The number of carbonyl (C=O) groups excluding carboxylic acids is 1. The Balaban J connectivity index is 1.54. The molecule has 1 fully saturated rings. The molecule has 6 nitrogen and oxygen atoms in total. The highest BCUT2D eigenvalue weighted by Gasteiger charge is 2.29. The summed E-state index contributed by atoms with van der Waals surface area (Å²) in [6.45, 7) is 0.794. The van der Waals surface area contributed by atoms with E-state index in [1.54, 1.807) is 6.20 Å². The lowest BCUT2D eigenvalue weighted by Crippen LogP contribution is -2.40. The number of anilines is 1. The molecule has 2 aromatic rings. The number of thiazole rings is 1. The lowest BCUT2D eigenvalue weighted by molar-refractivity contribution is -0.120. The Kier molecular flexibility index (Phi) is 5.51. The zero-order valence-electron chi connectivity index (χ0n) is 14.0. The fourth-order valence-electron chi connectivity index (χ4n) is 2.90. The van der Waals surface area contributed by atoms with E-state index in [2.05, 4.69) is 22.4 Å². The summed E-state index contributed by atoms with van der Waals surface area (Å²) in [6.07, 6.45) is 4.88. The number of amides is 1. The Morgan fingerprint density at radius 3 is 2.60 bits per heavy atom. The number of aromatic nitrogens is 1. The first-order valence-electron chi connectivity index (χ1n) is 8.16. The Hall–Kier alpha value is -1.77. The minimum atomic E-state index is -3.17. The molecule has 0 radical (unpaired) electrons. The molecule has 1 saturated heterocycles. The van der Waals surface area contributed by atoms with Crippen LogP contribution in [0.2, 0.25) is 0 Å². The van der Waals surface area contributed by atoms with Gasteiger partial charge in [-0.15, -0.1) is 11.3 Å². The highest BCUT2D eigenvalue weighted by molar-refractivity contribution is 7.88. The van der Waals surface area contributed by atoms with Crippen molar-refractivity contribution in [1.82, 2.24) is 9.29 Å². The Morgan fingerprint density at radius 2 is 1.96 bits per heavy atom. The molecule has 0 spiro atoms. The first-order valence-corrected chi connectivity index (χ1v) is 10.8. The number of sulfonamides is 1. The van der Waals surface area contributed by atoms with Crippen LogP contribution >= 0.6 is 11.3 Å². The summed E-state index contributed by atoms with van der Waals surface area (Å²) in [5.74, 6) is -0.242. The average molecular weight is 380 g/mol. The molecule has 1 N–H and O–H groups in total. The fourth-order valence-corrected chi connectivity index (χ4v) is 4.62. The van der Waals surface area contributed by atoms with E-state index in [1.807, 2.05) is 18.2 Å².